The van der Waals surface area contributed by atoms with Crippen molar-refractivity contribution in [3.8, 4) is 0 Å². The molecule has 1 rings (SSSR count). The van der Waals surface area contributed by atoms with Gasteiger partial charge in [0.1, 0.15) is 0 Å². The Balaban J connectivity index is 2.73. The van der Waals surface area contributed by atoms with E-state index in [0.29, 0.717) is 0 Å². The highest BCUT2D eigenvalue weighted by atomic mass is 16.3. The predicted octanol–water partition coefficient (Wildman–Crippen LogP) is 3.23. The number of anilines is 1. The van der Waals surface area contributed by atoms with Crippen molar-refractivity contribution < 1.29 is 5.11 Å². The van der Waals surface area contributed by atoms with Crippen LogP contribution in [0, 0.1) is 12.3 Å². The van der Waals surface area contributed by atoms with Gasteiger partial charge in [-0.25, -0.2) is 0 Å². The Kier molecular flexibility index (Phi) is 5.01. The minimum absolute atomic E-state index is 0.00670. The van der Waals surface area contributed by atoms with Crippen LogP contribution in [0.1, 0.15) is 32.3 Å². The first-order chi connectivity index (χ1) is 8.00. The zero-order valence-corrected chi connectivity index (χ0v) is 11.5. The molecule has 0 saturated heterocycles. The number of aliphatic hydroxyl groups excluding tert-OH is 1. The average Bonchev–Trinajstić information content (AvgIpc) is 2.29. The number of aliphatic hydroxyl groups is 1. The molecular formula is C15H25NO. The summed E-state index contributed by atoms with van der Waals surface area (Å²) < 4.78 is 0. The maximum absolute atomic E-state index is 9.54. The average molecular weight is 235 g/mol. The Labute approximate surface area is 105 Å². The molecule has 1 aromatic carbocycles. The summed E-state index contributed by atoms with van der Waals surface area (Å²) in [6.45, 7) is 7.57. The van der Waals surface area contributed by atoms with Gasteiger partial charge in [-0.2, -0.15) is 0 Å². The molecule has 1 unspecified atom stereocenters. The third-order valence-electron chi connectivity index (χ3n) is 3.30. The fourth-order valence-electron chi connectivity index (χ4n) is 2.34. The van der Waals surface area contributed by atoms with Crippen molar-refractivity contribution in [1.29, 1.82) is 0 Å². The molecule has 2 heteroatoms. The Hall–Kier alpha value is -1.02. The Morgan fingerprint density at radius 3 is 2.59 bits per heavy atom. The monoisotopic (exact) mass is 235 g/mol. The fraction of sp³-hybridized carbons (Fsp3) is 0.600. The lowest BCUT2D eigenvalue weighted by molar-refractivity contribution is 0.138. The second-order valence-electron chi connectivity index (χ2n) is 5.41. The van der Waals surface area contributed by atoms with Gasteiger partial charge in [-0.3, -0.25) is 0 Å². The summed E-state index contributed by atoms with van der Waals surface area (Å²) in [6, 6.07) is 8.49. The molecule has 0 heterocycles. The molecule has 0 saturated carbocycles. The van der Waals surface area contributed by atoms with Crippen LogP contribution >= 0.6 is 0 Å². The minimum Gasteiger partial charge on any atom is -0.396 e. The first-order valence-corrected chi connectivity index (χ1v) is 6.39. The van der Waals surface area contributed by atoms with Gasteiger partial charge in [0.15, 0.2) is 0 Å². The first-order valence-electron chi connectivity index (χ1n) is 6.39. The summed E-state index contributed by atoms with van der Waals surface area (Å²) in [5.74, 6) is 0. The lowest BCUT2D eigenvalue weighted by Gasteiger charge is -2.33. The zero-order chi connectivity index (χ0) is 12.9. The summed E-state index contributed by atoms with van der Waals surface area (Å²) in [6.07, 6.45) is 2.17. The van der Waals surface area contributed by atoms with Gasteiger partial charge in [-0.1, -0.05) is 32.4 Å². The number of benzene rings is 1. The van der Waals surface area contributed by atoms with E-state index in [1.807, 2.05) is 0 Å². The zero-order valence-electron chi connectivity index (χ0n) is 11.5. The lowest BCUT2D eigenvalue weighted by atomic mass is 9.86. The molecule has 1 N–H and O–H groups in total. The van der Waals surface area contributed by atoms with Crippen LogP contribution in [0.4, 0.5) is 5.69 Å². The predicted molar refractivity (Wildman–Crippen MR) is 74.5 cm³/mol. The standard InChI is InChI=1S/C15H25NO/c1-5-9-15(3,12-17)11-16(4)14-8-6-7-13(2)10-14/h6-8,10,17H,5,9,11-12H2,1-4H3. The fourth-order valence-corrected chi connectivity index (χ4v) is 2.34. The number of hydrogen-bond donors (Lipinski definition) is 1. The van der Waals surface area contributed by atoms with Crippen LogP contribution in [0.3, 0.4) is 0 Å². The molecule has 0 bridgehead atoms. The van der Waals surface area contributed by atoms with E-state index in [4.69, 9.17) is 0 Å². The highest BCUT2D eigenvalue weighted by Crippen LogP contribution is 2.26. The molecule has 0 aliphatic heterocycles. The van der Waals surface area contributed by atoms with Crippen molar-refractivity contribution in [3.05, 3.63) is 29.8 Å². The van der Waals surface area contributed by atoms with E-state index in [9.17, 15) is 5.11 Å². The van der Waals surface area contributed by atoms with E-state index in [1.54, 1.807) is 0 Å². The van der Waals surface area contributed by atoms with Gasteiger partial charge in [-0.05, 0) is 31.0 Å². The van der Waals surface area contributed by atoms with Gasteiger partial charge in [0.2, 0.25) is 0 Å². The van der Waals surface area contributed by atoms with Crippen molar-refractivity contribution in [2.75, 3.05) is 25.1 Å². The van der Waals surface area contributed by atoms with Crippen molar-refractivity contribution in [1.82, 2.24) is 0 Å². The van der Waals surface area contributed by atoms with E-state index >= 15 is 0 Å². The van der Waals surface area contributed by atoms with Gasteiger partial charge >= 0.3 is 0 Å². The highest BCUT2D eigenvalue weighted by molar-refractivity contribution is 5.47. The van der Waals surface area contributed by atoms with Crippen molar-refractivity contribution >= 4 is 5.69 Å². The maximum atomic E-state index is 9.54. The van der Waals surface area contributed by atoms with Crippen molar-refractivity contribution in [3.63, 3.8) is 0 Å². The first kappa shape index (κ1) is 14.0. The van der Waals surface area contributed by atoms with E-state index in [2.05, 4.69) is 57.0 Å². The van der Waals surface area contributed by atoms with Crippen LogP contribution in [-0.4, -0.2) is 25.3 Å². The molecule has 17 heavy (non-hydrogen) atoms. The van der Waals surface area contributed by atoms with E-state index in [0.717, 1.165) is 19.4 Å². The van der Waals surface area contributed by atoms with Crippen LogP contribution in [0.25, 0.3) is 0 Å². The summed E-state index contributed by atoms with van der Waals surface area (Å²) in [5.41, 5.74) is 2.49. The van der Waals surface area contributed by atoms with Crippen LogP contribution < -0.4 is 4.90 Å². The van der Waals surface area contributed by atoms with Crippen molar-refractivity contribution in [2.24, 2.45) is 5.41 Å². The molecule has 0 aliphatic rings. The SMILES string of the molecule is CCCC(C)(CO)CN(C)c1cccc(C)c1. The normalized spacial score (nSPS) is 14.4. The maximum Gasteiger partial charge on any atom is 0.0501 e. The van der Waals surface area contributed by atoms with Crippen LogP contribution in [0.15, 0.2) is 24.3 Å². The van der Waals surface area contributed by atoms with Gasteiger partial charge in [0.05, 0.1) is 6.61 Å². The molecule has 2 nitrogen and oxygen atoms in total. The Morgan fingerprint density at radius 2 is 2.06 bits per heavy atom. The van der Waals surface area contributed by atoms with Crippen molar-refractivity contribution in [2.45, 2.75) is 33.6 Å². The van der Waals surface area contributed by atoms with Gasteiger partial charge in [0, 0.05) is 24.7 Å². The molecule has 96 valence electrons. The van der Waals surface area contributed by atoms with E-state index < -0.39 is 0 Å². The molecule has 0 aliphatic carbocycles. The molecule has 0 radical (unpaired) electrons. The summed E-state index contributed by atoms with van der Waals surface area (Å²) in [5, 5.41) is 9.54. The third-order valence-corrected chi connectivity index (χ3v) is 3.30. The van der Waals surface area contributed by atoms with Crippen LogP contribution in [-0.2, 0) is 0 Å². The van der Waals surface area contributed by atoms with Gasteiger partial charge in [-0.15, -0.1) is 0 Å². The van der Waals surface area contributed by atoms with Gasteiger partial charge in [0.25, 0.3) is 0 Å². The van der Waals surface area contributed by atoms with E-state index in [1.165, 1.54) is 11.3 Å². The largest absolute Gasteiger partial charge is 0.396 e. The third kappa shape index (κ3) is 4.04. The number of nitrogens with zero attached hydrogens (tertiary/aromatic N) is 1. The molecular weight excluding hydrogens is 210 g/mol. The topological polar surface area (TPSA) is 23.5 Å². The summed E-state index contributed by atoms with van der Waals surface area (Å²) in [7, 11) is 2.10. The number of aryl methyl sites for hydroxylation is 1. The molecule has 0 aromatic heterocycles. The molecule has 0 amide bonds. The molecule has 0 spiro atoms. The Bertz CT molecular complexity index is 351. The minimum atomic E-state index is -0.00670. The Morgan fingerprint density at radius 1 is 1.35 bits per heavy atom. The smallest absolute Gasteiger partial charge is 0.0501 e. The molecule has 1 atom stereocenters. The number of rotatable bonds is 6. The highest BCUT2D eigenvalue weighted by Gasteiger charge is 2.24. The van der Waals surface area contributed by atoms with Crippen LogP contribution in [0.2, 0.25) is 0 Å². The number of hydrogen-bond acceptors (Lipinski definition) is 2. The van der Waals surface area contributed by atoms with Gasteiger partial charge < -0.3 is 10.0 Å². The quantitative estimate of drug-likeness (QED) is 0.818. The molecule has 0 fully saturated rings. The van der Waals surface area contributed by atoms with E-state index in [-0.39, 0.29) is 12.0 Å². The molecule has 1 aromatic rings. The second kappa shape index (κ2) is 6.06. The lowest BCUT2D eigenvalue weighted by Crippen LogP contribution is -2.36. The van der Waals surface area contributed by atoms with Crippen LogP contribution in [0.5, 0.6) is 0 Å². The summed E-state index contributed by atoms with van der Waals surface area (Å²) in [4.78, 5) is 2.24. The summed E-state index contributed by atoms with van der Waals surface area (Å²) >= 11 is 0. The second-order valence-corrected chi connectivity index (χ2v) is 5.41.